The third-order valence-electron chi connectivity index (χ3n) is 4.04. The van der Waals surface area contributed by atoms with Crippen LogP contribution in [-0.4, -0.2) is 26.8 Å². The topological polar surface area (TPSA) is 87.5 Å². The van der Waals surface area contributed by atoms with E-state index >= 15 is 0 Å². The number of allylic oxidation sites excluding steroid dienone is 10. The number of aliphatic hydroxyl groups excluding tert-OH is 2. The van der Waals surface area contributed by atoms with Crippen molar-refractivity contribution < 1.29 is 19.8 Å². The summed E-state index contributed by atoms with van der Waals surface area (Å²) in [7, 11) is 0. The molecule has 1 aromatic heterocycles. The van der Waals surface area contributed by atoms with E-state index in [0.29, 0.717) is 12.0 Å². The van der Waals surface area contributed by atoms with Gasteiger partial charge in [-0.3, -0.25) is 14.6 Å². The summed E-state index contributed by atoms with van der Waals surface area (Å²) in [5.41, 5.74) is 1.14. The van der Waals surface area contributed by atoms with Gasteiger partial charge in [-0.15, -0.1) is 0 Å². The standard InChI is InChI=1S/C21H17NO4/c23-18(14-5-1-2-6-14)10-20(25)16-9-17(13-22-12-16)21(26)11-19(24)15-7-3-4-8-15/h1-7,9-14,25-26H,8H2/b20-10?,21-11-. The van der Waals surface area contributed by atoms with Gasteiger partial charge in [-0.05, 0) is 12.5 Å². The number of carbonyl (C=O) groups excluding carboxylic acids is 2. The number of aromatic nitrogens is 1. The van der Waals surface area contributed by atoms with Gasteiger partial charge in [-0.25, -0.2) is 0 Å². The van der Waals surface area contributed by atoms with Crippen LogP contribution in [0.1, 0.15) is 17.5 Å². The van der Waals surface area contributed by atoms with Gasteiger partial charge in [0.25, 0.3) is 0 Å². The second-order valence-corrected chi connectivity index (χ2v) is 5.91. The first-order valence-electron chi connectivity index (χ1n) is 8.10. The molecule has 0 aromatic carbocycles. The van der Waals surface area contributed by atoms with Gasteiger partial charge in [-0.2, -0.15) is 0 Å². The van der Waals surface area contributed by atoms with Crippen molar-refractivity contribution in [3.05, 3.63) is 89.8 Å². The highest BCUT2D eigenvalue weighted by atomic mass is 16.3. The minimum atomic E-state index is -0.382. The lowest BCUT2D eigenvalue weighted by Crippen LogP contribution is -2.05. The summed E-state index contributed by atoms with van der Waals surface area (Å²) in [5.74, 6) is -1.42. The second-order valence-electron chi connectivity index (χ2n) is 5.91. The Morgan fingerprint density at radius 2 is 1.65 bits per heavy atom. The fourth-order valence-electron chi connectivity index (χ4n) is 2.59. The molecule has 5 nitrogen and oxygen atoms in total. The van der Waals surface area contributed by atoms with Gasteiger partial charge >= 0.3 is 0 Å². The zero-order valence-electron chi connectivity index (χ0n) is 13.9. The predicted octanol–water partition coefficient (Wildman–Crippen LogP) is 3.65. The maximum Gasteiger partial charge on any atom is 0.185 e. The normalized spacial score (nSPS) is 17.0. The van der Waals surface area contributed by atoms with E-state index in [9.17, 15) is 19.8 Å². The van der Waals surface area contributed by atoms with Gasteiger partial charge in [0.05, 0.1) is 5.92 Å². The molecular weight excluding hydrogens is 330 g/mol. The summed E-state index contributed by atoms with van der Waals surface area (Å²) >= 11 is 0. The van der Waals surface area contributed by atoms with E-state index in [1.807, 2.05) is 6.08 Å². The van der Waals surface area contributed by atoms with Crippen LogP contribution in [0.3, 0.4) is 0 Å². The summed E-state index contributed by atoms with van der Waals surface area (Å²) in [5, 5.41) is 20.4. The Labute approximate surface area is 150 Å². The first-order valence-corrected chi connectivity index (χ1v) is 8.10. The van der Waals surface area contributed by atoms with Crippen LogP contribution in [0.2, 0.25) is 0 Å². The molecule has 1 aromatic rings. The zero-order valence-corrected chi connectivity index (χ0v) is 13.9. The molecule has 0 spiro atoms. The molecule has 2 N–H and O–H groups in total. The molecule has 2 aliphatic carbocycles. The Hall–Kier alpha value is -3.47. The quantitative estimate of drug-likeness (QED) is 0.606. The van der Waals surface area contributed by atoms with Crippen LogP contribution in [0.4, 0.5) is 0 Å². The highest BCUT2D eigenvalue weighted by molar-refractivity contribution is 6.08. The molecule has 0 radical (unpaired) electrons. The van der Waals surface area contributed by atoms with Crippen LogP contribution in [0.5, 0.6) is 0 Å². The van der Waals surface area contributed by atoms with E-state index in [-0.39, 0.29) is 40.1 Å². The van der Waals surface area contributed by atoms with Crippen LogP contribution < -0.4 is 0 Å². The summed E-state index contributed by atoms with van der Waals surface area (Å²) < 4.78 is 0. The van der Waals surface area contributed by atoms with Crippen molar-refractivity contribution in [3.8, 4) is 0 Å². The summed E-state index contributed by atoms with van der Waals surface area (Å²) in [4.78, 5) is 28.1. The van der Waals surface area contributed by atoms with E-state index in [2.05, 4.69) is 4.98 Å². The van der Waals surface area contributed by atoms with Crippen molar-refractivity contribution in [2.24, 2.45) is 5.92 Å². The Kier molecular flexibility index (Phi) is 5.08. The Bertz CT molecular complexity index is 917. The number of nitrogens with zero attached hydrogens (tertiary/aromatic N) is 1. The third-order valence-corrected chi connectivity index (χ3v) is 4.04. The van der Waals surface area contributed by atoms with Crippen molar-refractivity contribution in [1.82, 2.24) is 4.98 Å². The fraction of sp³-hybridized carbons (Fsp3) is 0.0952. The van der Waals surface area contributed by atoms with Crippen molar-refractivity contribution in [3.63, 3.8) is 0 Å². The van der Waals surface area contributed by atoms with E-state index in [0.717, 1.165) is 12.2 Å². The molecule has 26 heavy (non-hydrogen) atoms. The fourth-order valence-corrected chi connectivity index (χ4v) is 2.59. The molecule has 0 unspecified atom stereocenters. The predicted molar refractivity (Wildman–Crippen MR) is 99.1 cm³/mol. The summed E-state index contributed by atoms with van der Waals surface area (Å²) in [6, 6.07) is 1.47. The minimum Gasteiger partial charge on any atom is -0.507 e. The lowest BCUT2D eigenvalue weighted by atomic mass is 10.0. The van der Waals surface area contributed by atoms with Gasteiger partial charge in [0.1, 0.15) is 11.5 Å². The molecule has 0 saturated carbocycles. The molecule has 0 bridgehead atoms. The summed E-state index contributed by atoms with van der Waals surface area (Å²) in [6.45, 7) is 0. The molecule has 1 heterocycles. The summed E-state index contributed by atoms with van der Waals surface area (Å²) in [6.07, 6.45) is 17.9. The van der Waals surface area contributed by atoms with Gasteiger partial charge in [-0.1, -0.05) is 42.5 Å². The smallest absolute Gasteiger partial charge is 0.185 e. The van der Waals surface area contributed by atoms with Crippen molar-refractivity contribution in [1.29, 1.82) is 0 Å². The van der Waals surface area contributed by atoms with Crippen LogP contribution >= 0.6 is 0 Å². The van der Waals surface area contributed by atoms with Crippen molar-refractivity contribution >= 4 is 23.1 Å². The molecule has 0 aliphatic heterocycles. The van der Waals surface area contributed by atoms with E-state index in [4.69, 9.17) is 0 Å². The first-order chi connectivity index (χ1) is 12.5. The molecule has 130 valence electrons. The molecule has 0 atom stereocenters. The maximum absolute atomic E-state index is 12.1. The highest BCUT2D eigenvalue weighted by Crippen LogP contribution is 2.20. The average molecular weight is 347 g/mol. The lowest BCUT2D eigenvalue weighted by molar-refractivity contribution is -0.115. The molecule has 0 saturated heterocycles. The average Bonchev–Trinajstić information content (AvgIpc) is 3.35. The number of aliphatic hydroxyl groups is 2. The lowest BCUT2D eigenvalue weighted by Gasteiger charge is -2.05. The van der Waals surface area contributed by atoms with Gasteiger partial charge in [0, 0.05) is 41.2 Å². The number of hydrogen-bond acceptors (Lipinski definition) is 5. The molecule has 3 rings (SSSR count). The van der Waals surface area contributed by atoms with Crippen LogP contribution in [0.15, 0.2) is 78.7 Å². The van der Waals surface area contributed by atoms with Crippen LogP contribution in [-0.2, 0) is 9.59 Å². The third kappa shape index (κ3) is 3.95. The van der Waals surface area contributed by atoms with E-state index < -0.39 is 0 Å². The van der Waals surface area contributed by atoms with Crippen molar-refractivity contribution in [2.75, 3.05) is 0 Å². The maximum atomic E-state index is 12.1. The van der Waals surface area contributed by atoms with E-state index in [1.165, 1.54) is 18.5 Å². The van der Waals surface area contributed by atoms with Gasteiger partial charge in [0.15, 0.2) is 11.6 Å². The monoisotopic (exact) mass is 347 g/mol. The van der Waals surface area contributed by atoms with Crippen LogP contribution in [0.25, 0.3) is 11.5 Å². The van der Waals surface area contributed by atoms with E-state index in [1.54, 1.807) is 36.5 Å². The number of rotatable bonds is 6. The number of ketones is 2. The number of pyridine rings is 1. The Morgan fingerprint density at radius 3 is 2.27 bits per heavy atom. The number of hydrogen-bond donors (Lipinski definition) is 2. The Morgan fingerprint density at radius 1 is 1.00 bits per heavy atom. The second kappa shape index (κ2) is 7.61. The zero-order chi connectivity index (χ0) is 18.5. The number of carbonyl (C=O) groups is 2. The molecule has 0 fully saturated rings. The molecule has 2 aliphatic rings. The molecule has 0 amide bonds. The van der Waals surface area contributed by atoms with Crippen LogP contribution in [0, 0.1) is 5.92 Å². The largest absolute Gasteiger partial charge is 0.507 e. The SMILES string of the molecule is O=C(/C=C(\O)c1cncc(C(O)=CC(=O)C2C=CC=C2)c1)C1=CC=CC1. The highest BCUT2D eigenvalue weighted by Gasteiger charge is 2.15. The Balaban J connectivity index is 1.79. The van der Waals surface area contributed by atoms with Crippen molar-refractivity contribution in [2.45, 2.75) is 6.42 Å². The molecule has 5 heteroatoms. The molecular formula is C21H17NO4. The van der Waals surface area contributed by atoms with Gasteiger partial charge in [0.2, 0.25) is 0 Å². The first kappa shape index (κ1) is 17.4. The minimum absolute atomic E-state index is 0.250. The van der Waals surface area contributed by atoms with Gasteiger partial charge < -0.3 is 10.2 Å².